The molecule has 1 aliphatic heterocycles. The predicted molar refractivity (Wildman–Crippen MR) is 78.1 cm³/mol. The van der Waals surface area contributed by atoms with Crippen molar-refractivity contribution in [1.82, 2.24) is 10.6 Å². The van der Waals surface area contributed by atoms with E-state index in [4.69, 9.17) is 0 Å². The van der Waals surface area contributed by atoms with Crippen LogP contribution in [0.25, 0.3) is 0 Å². The van der Waals surface area contributed by atoms with E-state index in [1.54, 1.807) is 0 Å². The Labute approximate surface area is 115 Å². The number of hydrogen-bond acceptors (Lipinski definition) is 2. The van der Waals surface area contributed by atoms with E-state index in [1.165, 1.54) is 11.1 Å². The van der Waals surface area contributed by atoms with E-state index in [-0.39, 0.29) is 11.8 Å². The van der Waals surface area contributed by atoms with Gasteiger partial charge in [0.2, 0.25) is 5.91 Å². The Morgan fingerprint density at radius 2 is 2.21 bits per heavy atom. The molecule has 1 amide bonds. The van der Waals surface area contributed by atoms with Gasteiger partial charge in [-0.3, -0.25) is 4.79 Å². The average Bonchev–Trinajstić information content (AvgIpc) is 2.41. The lowest BCUT2D eigenvalue weighted by Gasteiger charge is -2.27. The van der Waals surface area contributed by atoms with Crippen molar-refractivity contribution in [1.29, 1.82) is 0 Å². The van der Waals surface area contributed by atoms with Crippen LogP contribution in [0.5, 0.6) is 0 Å². The van der Waals surface area contributed by atoms with Crippen molar-refractivity contribution in [3.63, 3.8) is 0 Å². The molecule has 19 heavy (non-hydrogen) atoms. The number of piperidine rings is 1. The van der Waals surface area contributed by atoms with Gasteiger partial charge in [0.15, 0.2) is 0 Å². The second-order valence-corrected chi connectivity index (χ2v) is 5.54. The first-order valence-corrected chi connectivity index (χ1v) is 7.22. The highest BCUT2D eigenvalue weighted by Gasteiger charge is 2.24. The van der Waals surface area contributed by atoms with Gasteiger partial charge in [-0.1, -0.05) is 24.3 Å². The SMILES string of the molecule is Cc1ccccc1CCNC(=O)[C@H]1CCN[C@@H](C)C1. The largest absolute Gasteiger partial charge is 0.356 e. The van der Waals surface area contributed by atoms with Gasteiger partial charge in [0.1, 0.15) is 0 Å². The van der Waals surface area contributed by atoms with Crippen LogP contribution in [0.3, 0.4) is 0 Å². The molecule has 0 radical (unpaired) electrons. The van der Waals surface area contributed by atoms with Crippen molar-refractivity contribution in [3.8, 4) is 0 Å². The number of hydrogen-bond donors (Lipinski definition) is 2. The molecule has 1 aromatic rings. The van der Waals surface area contributed by atoms with Gasteiger partial charge in [-0.25, -0.2) is 0 Å². The summed E-state index contributed by atoms with van der Waals surface area (Å²) in [6.07, 6.45) is 2.83. The molecular formula is C16H24N2O. The van der Waals surface area contributed by atoms with Gasteiger partial charge >= 0.3 is 0 Å². The lowest BCUT2D eigenvalue weighted by Crippen LogP contribution is -2.42. The molecule has 1 saturated heterocycles. The zero-order valence-electron chi connectivity index (χ0n) is 11.9. The molecule has 104 valence electrons. The Balaban J connectivity index is 1.76. The molecule has 2 rings (SSSR count). The maximum absolute atomic E-state index is 12.1. The van der Waals surface area contributed by atoms with E-state index in [9.17, 15) is 4.79 Å². The summed E-state index contributed by atoms with van der Waals surface area (Å²) in [5, 5.41) is 6.46. The summed E-state index contributed by atoms with van der Waals surface area (Å²) in [6.45, 7) is 5.96. The minimum atomic E-state index is 0.188. The molecule has 1 fully saturated rings. The van der Waals surface area contributed by atoms with Gasteiger partial charge in [0, 0.05) is 18.5 Å². The summed E-state index contributed by atoms with van der Waals surface area (Å²) in [6, 6.07) is 8.81. The van der Waals surface area contributed by atoms with Crippen molar-refractivity contribution in [3.05, 3.63) is 35.4 Å². The van der Waals surface area contributed by atoms with E-state index in [1.807, 2.05) is 6.07 Å². The number of carbonyl (C=O) groups is 1. The second kappa shape index (κ2) is 6.71. The van der Waals surface area contributed by atoms with Crippen LogP contribution in [0.1, 0.15) is 30.9 Å². The smallest absolute Gasteiger partial charge is 0.223 e. The molecule has 2 atom stereocenters. The fraction of sp³-hybridized carbons (Fsp3) is 0.562. The van der Waals surface area contributed by atoms with Crippen molar-refractivity contribution in [2.24, 2.45) is 5.92 Å². The molecule has 0 unspecified atom stereocenters. The molecule has 1 aliphatic rings. The summed E-state index contributed by atoms with van der Waals surface area (Å²) < 4.78 is 0. The average molecular weight is 260 g/mol. The zero-order chi connectivity index (χ0) is 13.7. The molecule has 0 bridgehead atoms. The quantitative estimate of drug-likeness (QED) is 0.870. The topological polar surface area (TPSA) is 41.1 Å². The lowest BCUT2D eigenvalue weighted by atomic mass is 9.92. The van der Waals surface area contributed by atoms with E-state index >= 15 is 0 Å². The first-order valence-electron chi connectivity index (χ1n) is 7.22. The first-order chi connectivity index (χ1) is 9.16. The standard InChI is InChI=1S/C16H24N2O/c1-12-5-3-4-6-14(12)7-10-18-16(19)15-8-9-17-13(2)11-15/h3-6,13,15,17H,7-11H2,1-2H3,(H,18,19)/t13-,15-/m0/s1. The summed E-state index contributed by atoms with van der Waals surface area (Å²) in [5.74, 6) is 0.412. The maximum atomic E-state index is 12.1. The van der Waals surface area contributed by atoms with Crippen LogP contribution in [0.15, 0.2) is 24.3 Å². The number of rotatable bonds is 4. The molecule has 0 aliphatic carbocycles. The predicted octanol–water partition coefficient (Wildman–Crippen LogP) is 2.04. The number of amides is 1. The lowest BCUT2D eigenvalue weighted by molar-refractivity contribution is -0.126. The minimum absolute atomic E-state index is 0.188. The van der Waals surface area contributed by atoms with Crippen LogP contribution in [0.2, 0.25) is 0 Å². The monoisotopic (exact) mass is 260 g/mol. The highest BCUT2D eigenvalue weighted by atomic mass is 16.1. The Kier molecular flexibility index (Phi) is 4.97. The third-order valence-corrected chi connectivity index (χ3v) is 3.95. The van der Waals surface area contributed by atoms with Gasteiger partial charge in [-0.05, 0) is 50.8 Å². The van der Waals surface area contributed by atoms with E-state index in [2.05, 4.69) is 42.7 Å². The summed E-state index contributed by atoms with van der Waals surface area (Å²) in [7, 11) is 0. The third-order valence-electron chi connectivity index (χ3n) is 3.95. The highest BCUT2D eigenvalue weighted by Crippen LogP contribution is 2.16. The number of benzene rings is 1. The van der Waals surface area contributed by atoms with Crippen LogP contribution < -0.4 is 10.6 Å². The first kappa shape index (κ1) is 14.1. The zero-order valence-corrected chi connectivity index (χ0v) is 11.9. The van der Waals surface area contributed by atoms with Gasteiger partial charge in [0.25, 0.3) is 0 Å². The highest BCUT2D eigenvalue weighted by molar-refractivity contribution is 5.78. The van der Waals surface area contributed by atoms with Crippen LogP contribution in [0.4, 0.5) is 0 Å². The van der Waals surface area contributed by atoms with Crippen LogP contribution in [-0.4, -0.2) is 25.0 Å². The Hall–Kier alpha value is -1.35. The molecule has 2 N–H and O–H groups in total. The summed E-state index contributed by atoms with van der Waals surface area (Å²) >= 11 is 0. The molecular weight excluding hydrogens is 236 g/mol. The van der Waals surface area contributed by atoms with E-state index < -0.39 is 0 Å². The summed E-state index contributed by atoms with van der Waals surface area (Å²) in [5.41, 5.74) is 2.62. The van der Waals surface area contributed by atoms with Gasteiger partial charge in [0.05, 0.1) is 0 Å². The molecule has 3 nitrogen and oxygen atoms in total. The second-order valence-electron chi connectivity index (χ2n) is 5.54. The number of nitrogens with one attached hydrogen (secondary N) is 2. The fourth-order valence-electron chi connectivity index (χ4n) is 2.73. The molecule has 1 heterocycles. The van der Waals surface area contributed by atoms with Gasteiger partial charge in [-0.15, -0.1) is 0 Å². The molecule has 0 saturated carbocycles. The molecule has 0 spiro atoms. The van der Waals surface area contributed by atoms with Gasteiger partial charge in [-0.2, -0.15) is 0 Å². The molecule has 1 aromatic carbocycles. The van der Waals surface area contributed by atoms with Gasteiger partial charge < -0.3 is 10.6 Å². The van der Waals surface area contributed by atoms with Crippen molar-refractivity contribution in [2.75, 3.05) is 13.1 Å². The summed E-state index contributed by atoms with van der Waals surface area (Å²) in [4.78, 5) is 12.1. The Morgan fingerprint density at radius 3 is 2.95 bits per heavy atom. The number of aryl methyl sites for hydroxylation is 1. The molecule has 0 aromatic heterocycles. The fourth-order valence-corrected chi connectivity index (χ4v) is 2.73. The third kappa shape index (κ3) is 4.06. The Bertz CT molecular complexity index is 431. The van der Waals surface area contributed by atoms with E-state index in [0.717, 1.165) is 32.4 Å². The van der Waals surface area contributed by atoms with Crippen molar-refractivity contribution in [2.45, 2.75) is 39.2 Å². The van der Waals surface area contributed by atoms with Crippen LogP contribution in [-0.2, 0) is 11.2 Å². The minimum Gasteiger partial charge on any atom is -0.356 e. The number of carbonyl (C=O) groups excluding carboxylic acids is 1. The van der Waals surface area contributed by atoms with Crippen LogP contribution in [0, 0.1) is 12.8 Å². The van der Waals surface area contributed by atoms with Crippen LogP contribution >= 0.6 is 0 Å². The normalized spacial score (nSPS) is 23.1. The Morgan fingerprint density at radius 1 is 1.42 bits per heavy atom. The van der Waals surface area contributed by atoms with E-state index in [0.29, 0.717) is 6.04 Å². The molecule has 3 heteroatoms. The maximum Gasteiger partial charge on any atom is 0.223 e. The van der Waals surface area contributed by atoms with Crippen molar-refractivity contribution < 1.29 is 4.79 Å². The van der Waals surface area contributed by atoms with Crippen molar-refractivity contribution >= 4 is 5.91 Å².